The molecule has 0 saturated heterocycles. The number of aryl methyl sites for hydroxylation is 1. The average molecular weight is 392 g/mol. The predicted octanol–water partition coefficient (Wildman–Crippen LogP) is 3.48. The lowest BCUT2D eigenvalue weighted by Gasteiger charge is -2.18. The molecule has 0 saturated carbocycles. The van der Waals surface area contributed by atoms with E-state index < -0.39 is 5.97 Å². The number of hydrogen-bond donors (Lipinski definition) is 0. The topological polar surface area (TPSA) is 65.1 Å². The van der Waals surface area contributed by atoms with E-state index in [0.29, 0.717) is 18.0 Å². The minimum Gasteiger partial charge on any atom is -0.493 e. The number of rotatable bonds is 7. The molecule has 6 nitrogen and oxygen atoms in total. The molecule has 0 radical (unpaired) electrons. The number of carbonyl (C=O) groups excluding carboxylic acids is 2. The van der Waals surface area contributed by atoms with Crippen LogP contribution in [0.25, 0.3) is 0 Å². The molecule has 0 aliphatic heterocycles. The lowest BCUT2D eigenvalue weighted by molar-refractivity contribution is -0.133. The number of likely N-dealkylation sites (N-methyl/N-ethyl adjacent to an activating group) is 1. The summed E-state index contributed by atoms with van der Waals surface area (Å²) in [5.41, 5.74) is 2.30. The molecule has 0 bridgehead atoms. The van der Waals surface area contributed by atoms with Crippen molar-refractivity contribution in [2.45, 2.75) is 13.5 Å². The van der Waals surface area contributed by atoms with Crippen LogP contribution in [0.15, 0.2) is 36.4 Å². The molecule has 2 aromatic carbocycles. The van der Waals surface area contributed by atoms with Gasteiger partial charge in [-0.05, 0) is 30.2 Å². The summed E-state index contributed by atoms with van der Waals surface area (Å²) in [7, 11) is 4.55. The molecule has 0 N–H and O–H groups in total. The molecule has 1 amide bonds. The Bertz CT molecular complexity index is 837. The minimum atomic E-state index is -0.671. The summed E-state index contributed by atoms with van der Waals surface area (Å²) in [6, 6.07) is 10.7. The number of carbonyl (C=O) groups is 2. The van der Waals surface area contributed by atoms with Crippen molar-refractivity contribution in [3.05, 3.63) is 58.1 Å². The standard InChI is InChI=1S/C20H22ClNO5/c1-13-7-5-6-8-14(13)11-22(2)18(23)12-27-20(24)15-9-16(21)19(26-4)17(10-15)25-3/h5-10H,11-12H2,1-4H3. The van der Waals surface area contributed by atoms with Gasteiger partial charge in [0.2, 0.25) is 0 Å². The third kappa shape index (κ3) is 5.14. The molecule has 0 aliphatic carbocycles. The van der Waals surface area contributed by atoms with Crippen LogP contribution < -0.4 is 9.47 Å². The molecule has 144 valence electrons. The normalized spacial score (nSPS) is 10.3. The fraction of sp³-hybridized carbons (Fsp3) is 0.300. The van der Waals surface area contributed by atoms with Gasteiger partial charge in [0.25, 0.3) is 5.91 Å². The predicted molar refractivity (Wildman–Crippen MR) is 102 cm³/mol. The Labute approximate surface area is 163 Å². The first-order valence-electron chi connectivity index (χ1n) is 8.24. The lowest BCUT2D eigenvalue weighted by atomic mass is 10.1. The van der Waals surface area contributed by atoms with Crippen LogP contribution in [0.2, 0.25) is 5.02 Å². The fourth-order valence-corrected chi connectivity index (χ4v) is 2.78. The highest BCUT2D eigenvalue weighted by atomic mass is 35.5. The molecule has 0 spiro atoms. The zero-order chi connectivity index (χ0) is 20.0. The first-order chi connectivity index (χ1) is 12.9. The molecule has 0 unspecified atom stereocenters. The van der Waals surface area contributed by atoms with Crippen molar-refractivity contribution < 1.29 is 23.8 Å². The monoisotopic (exact) mass is 391 g/mol. The maximum Gasteiger partial charge on any atom is 0.338 e. The van der Waals surface area contributed by atoms with Gasteiger partial charge in [-0.3, -0.25) is 4.79 Å². The van der Waals surface area contributed by atoms with E-state index in [-0.39, 0.29) is 23.1 Å². The first kappa shape index (κ1) is 20.6. The van der Waals surface area contributed by atoms with E-state index in [1.54, 1.807) is 7.05 Å². The summed E-state index contributed by atoms with van der Waals surface area (Å²) < 4.78 is 15.4. The van der Waals surface area contributed by atoms with Gasteiger partial charge in [0.05, 0.1) is 24.8 Å². The number of hydrogen-bond acceptors (Lipinski definition) is 5. The number of halogens is 1. The molecule has 0 atom stereocenters. The molecule has 27 heavy (non-hydrogen) atoms. The maximum absolute atomic E-state index is 12.3. The molecule has 2 rings (SSSR count). The van der Waals surface area contributed by atoms with Gasteiger partial charge in [-0.1, -0.05) is 35.9 Å². The first-order valence-corrected chi connectivity index (χ1v) is 8.62. The highest BCUT2D eigenvalue weighted by Crippen LogP contribution is 2.36. The smallest absolute Gasteiger partial charge is 0.338 e. The van der Waals surface area contributed by atoms with Crippen molar-refractivity contribution in [2.75, 3.05) is 27.9 Å². The zero-order valence-electron chi connectivity index (χ0n) is 15.7. The van der Waals surface area contributed by atoms with E-state index in [4.69, 9.17) is 25.8 Å². The molecule has 0 aliphatic rings. The van der Waals surface area contributed by atoms with Crippen molar-refractivity contribution >= 4 is 23.5 Å². The highest BCUT2D eigenvalue weighted by molar-refractivity contribution is 6.32. The molecule has 2 aromatic rings. The Balaban J connectivity index is 1.99. The van der Waals surface area contributed by atoms with E-state index in [1.807, 2.05) is 31.2 Å². The van der Waals surface area contributed by atoms with Crippen LogP contribution in [-0.2, 0) is 16.1 Å². The molecular weight excluding hydrogens is 370 g/mol. The fourth-order valence-electron chi connectivity index (χ4n) is 2.49. The Morgan fingerprint density at radius 2 is 1.81 bits per heavy atom. The summed E-state index contributed by atoms with van der Waals surface area (Å²) in [5, 5.41) is 0.215. The van der Waals surface area contributed by atoms with E-state index >= 15 is 0 Å². The van der Waals surface area contributed by atoms with Crippen LogP contribution in [0.3, 0.4) is 0 Å². The largest absolute Gasteiger partial charge is 0.493 e. The molecular formula is C20H22ClNO5. The highest BCUT2D eigenvalue weighted by Gasteiger charge is 2.18. The maximum atomic E-state index is 12.3. The Hall–Kier alpha value is -2.73. The van der Waals surface area contributed by atoms with Gasteiger partial charge < -0.3 is 19.1 Å². The third-order valence-electron chi connectivity index (χ3n) is 4.09. The van der Waals surface area contributed by atoms with Crippen molar-refractivity contribution in [3.8, 4) is 11.5 Å². The lowest BCUT2D eigenvalue weighted by Crippen LogP contribution is -2.31. The average Bonchev–Trinajstić information content (AvgIpc) is 2.66. The van der Waals surface area contributed by atoms with Crippen LogP contribution in [0.4, 0.5) is 0 Å². The van der Waals surface area contributed by atoms with Crippen LogP contribution in [0.1, 0.15) is 21.5 Å². The van der Waals surface area contributed by atoms with Crippen LogP contribution in [-0.4, -0.2) is 44.7 Å². The second-order valence-electron chi connectivity index (χ2n) is 5.95. The number of ether oxygens (including phenoxy) is 3. The number of amides is 1. The summed E-state index contributed by atoms with van der Waals surface area (Å²) in [6.45, 7) is 2.05. The van der Waals surface area contributed by atoms with Gasteiger partial charge in [-0.2, -0.15) is 0 Å². The quantitative estimate of drug-likeness (QED) is 0.676. The Morgan fingerprint density at radius 3 is 2.44 bits per heavy atom. The van der Waals surface area contributed by atoms with Gasteiger partial charge in [0, 0.05) is 13.6 Å². The molecule has 7 heteroatoms. The number of methoxy groups -OCH3 is 2. The van der Waals surface area contributed by atoms with E-state index in [1.165, 1.54) is 31.3 Å². The number of benzene rings is 2. The summed E-state index contributed by atoms with van der Waals surface area (Å²) in [5.74, 6) is -0.349. The van der Waals surface area contributed by atoms with Gasteiger partial charge in [0.1, 0.15) is 0 Å². The summed E-state index contributed by atoms with van der Waals surface area (Å²) >= 11 is 6.09. The minimum absolute atomic E-state index is 0.173. The van der Waals surface area contributed by atoms with Crippen LogP contribution in [0.5, 0.6) is 11.5 Å². The molecule has 0 heterocycles. The van der Waals surface area contributed by atoms with Gasteiger partial charge in [-0.25, -0.2) is 4.79 Å². The third-order valence-corrected chi connectivity index (χ3v) is 4.37. The number of esters is 1. The second-order valence-corrected chi connectivity index (χ2v) is 6.35. The van der Waals surface area contributed by atoms with Gasteiger partial charge in [0.15, 0.2) is 18.1 Å². The van der Waals surface area contributed by atoms with Crippen molar-refractivity contribution in [2.24, 2.45) is 0 Å². The van der Waals surface area contributed by atoms with Crippen LogP contribution >= 0.6 is 11.6 Å². The van der Waals surface area contributed by atoms with Gasteiger partial charge in [-0.15, -0.1) is 0 Å². The van der Waals surface area contributed by atoms with Crippen molar-refractivity contribution in [1.82, 2.24) is 4.90 Å². The summed E-state index contributed by atoms with van der Waals surface area (Å²) in [6.07, 6.45) is 0. The van der Waals surface area contributed by atoms with E-state index in [2.05, 4.69) is 0 Å². The van der Waals surface area contributed by atoms with Crippen LogP contribution in [0, 0.1) is 6.92 Å². The van der Waals surface area contributed by atoms with Crippen molar-refractivity contribution in [3.63, 3.8) is 0 Å². The Morgan fingerprint density at radius 1 is 1.11 bits per heavy atom. The van der Waals surface area contributed by atoms with E-state index in [0.717, 1.165) is 11.1 Å². The molecule has 0 aromatic heterocycles. The second kappa shape index (κ2) is 9.28. The van der Waals surface area contributed by atoms with E-state index in [9.17, 15) is 9.59 Å². The van der Waals surface area contributed by atoms with Gasteiger partial charge >= 0.3 is 5.97 Å². The zero-order valence-corrected chi connectivity index (χ0v) is 16.5. The SMILES string of the molecule is COc1cc(C(=O)OCC(=O)N(C)Cc2ccccc2C)cc(Cl)c1OC. The van der Waals surface area contributed by atoms with Crippen molar-refractivity contribution in [1.29, 1.82) is 0 Å². The number of nitrogens with zero attached hydrogens (tertiary/aromatic N) is 1. The summed E-state index contributed by atoms with van der Waals surface area (Å²) in [4.78, 5) is 26.0. The Kier molecular flexibility index (Phi) is 7.07. The molecule has 0 fully saturated rings.